The number of carbonyl (C=O) groups is 2. The van der Waals surface area contributed by atoms with Crippen molar-refractivity contribution in [3.05, 3.63) is 34.9 Å². The van der Waals surface area contributed by atoms with Crippen molar-refractivity contribution in [3.8, 4) is 0 Å². The van der Waals surface area contributed by atoms with Crippen molar-refractivity contribution in [3.63, 3.8) is 0 Å². The highest BCUT2D eigenvalue weighted by atomic mass is 35.5. The van der Waals surface area contributed by atoms with Crippen LogP contribution in [0.4, 0.5) is 0 Å². The molecule has 2 amide bonds. The highest BCUT2D eigenvalue weighted by molar-refractivity contribution is 8.00. The highest BCUT2D eigenvalue weighted by Crippen LogP contribution is 2.38. The molecule has 19 heavy (non-hydrogen) atoms. The number of halogens is 1. The van der Waals surface area contributed by atoms with Crippen LogP contribution in [0.3, 0.4) is 0 Å². The Labute approximate surface area is 121 Å². The fourth-order valence-electron chi connectivity index (χ4n) is 1.98. The van der Waals surface area contributed by atoms with Gasteiger partial charge in [0.2, 0.25) is 11.8 Å². The largest absolute Gasteiger partial charge is 0.355 e. The van der Waals surface area contributed by atoms with Crippen LogP contribution in [0.1, 0.15) is 17.9 Å². The van der Waals surface area contributed by atoms with Crippen molar-refractivity contribution in [1.82, 2.24) is 10.2 Å². The Morgan fingerprint density at radius 2 is 2.37 bits per heavy atom. The van der Waals surface area contributed by atoms with E-state index >= 15 is 0 Å². The summed E-state index contributed by atoms with van der Waals surface area (Å²) in [6.45, 7) is 2.45. The second-order valence-electron chi connectivity index (χ2n) is 4.29. The van der Waals surface area contributed by atoms with Gasteiger partial charge in [0.25, 0.3) is 0 Å². The molecule has 0 aliphatic carbocycles. The third kappa shape index (κ3) is 3.64. The molecule has 1 aliphatic heterocycles. The Bertz CT molecular complexity index is 495. The molecule has 1 fully saturated rings. The highest BCUT2D eigenvalue weighted by Gasteiger charge is 2.32. The molecule has 6 heteroatoms. The molecule has 1 aliphatic rings. The smallest absolute Gasteiger partial charge is 0.233 e. The van der Waals surface area contributed by atoms with Crippen LogP contribution < -0.4 is 5.32 Å². The van der Waals surface area contributed by atoms with Gasteiger partial charge in [-0.15, -0.1) is 11.8 Å². The number of amides is 2. The number of carbonyl (C=O) groups excluding carboxylic acids is 2. The van der Waals surface area contributed by atoms with E-state index in [9.17, 15) is 9.59 Å². The van der Waals surface area contributed by atoms with Gasteiger partial charge >= 0.3 is 0 Å². The van der Waals surface area contributed by atoms with E-state index in [0.717, 1.165) is 5.56 Å². The maximum Gasteiger partial charge on any atom is 0.233 e. The zero-order valence-corrected chi connectivity index (χ0v) is 12.1. The summed E-state index contributed by atoms with van der Waals surface area (Å²) in [5.74, 6) is 0.482. The minimum atomic E-state index is -0.0846. The molecule has 0 aromatic heterocycles. The van der Waals surface area contributed by atoms with E-state index in [4.69, 9.17) is 11.6 Å². The van der Waals surface area contributed by atoms with Gasteiger partial charge in [0.05, 0.1) is 5.75 Å². The number of benzene rings is 1. The Morgan fingerprint density at radius 3 is 3.05 bits per heavy atom. The van der Waals surface area contributed by atoms with Gasteiger partial charge in [-0.2, -0.15) is 0 Å². The second-order valence-corrected chi connectivity index (χ2v) is 5.79. The van der Waals surface area contributed by atoms with E-state index in [1.165, 1.54) is 6.92 Å². The first kappa shape index (κ1) is 14.2. The maximum absolute atomic E-state index is 11.9. The standard InChI is InChI=1S/C13H15ClN2O2S/c1-9(17)15-5-6-16-12(18)8-19-13(16)10-3-2-4-11(14)7-10/h2-4,7,13H,5-6,8H2,1H3,(H,15,17). The second kappa shape index (κ2) is 6.30. The van der Waals surface area contributed by atoms with Crippen LogP contribution in [-0.4, -0.2) is 35.6 Å². The lowest BCUT2D eigenvalue weighted by molar-refractivity contribution is -0.128. The fraction of sp³-hybridized carbons (Fsp3) is 0.385. The Morgan fingerprint density at radius 1 is 1.58 bits per heavy atom. The van der Waals surface area contributed by atoms with Gasteiger partial charge < -0.3 is 10.2 Å². The van der Waals surface area contributed by atoms with E-state index in [2.05, 4.69) is 5.32 Å². The van der Waals surface area contributed by atoms with Crippen LogP contribution in [0.2, 0.25) is 5.02 Å². The molecule has 2 rings (SSSR count). The number of rotatable bonds is 4. The monoisotopic (exact) mass is 298 g/mol. The molecular formula is C13H15ClN2O2S. The molecule has 1 aromatic rings. The Kier molecular flexibility index (Phi) is 4.71. The normalized spacial score (nSPS) is 18.7. The molecule has 1 aromatic carbocycles. The molecule has 1 atom stereocenters. The van der Waals surface area contributed by atoms with Gasteiger partial charge in [0.1, 0.15) is 5.37 Å². The SMILES string of the molecule is CC(=O)NCCN1C(=O)CSC1c1cccc(Cl)c1. The summed E-state index contributed by atoms with van der Waals surface area (Å²) in [5.41, 5.74) is 1.02. The molecule has 0 spiro atoms. The van der Waals surface area contributed by atoms with Crippen LogP contribution in [0.15, 0.2) is 24.3 Å². The molecular weight excluding hydrogens is 284 g/mol. The van der Waals surface area contributed by atoms with E-state index < -0.39 is 0 Å². The van der Waals surface area contributed by atoms with Crippen molar-refractivity contribution in [2.75, 3.05) is 18.8 Å². The van der Waals surface area contributed by atoms with E-state index in [-0.39, 0.29) is 17.2 Å². The quantitative estimate of drug-likeness (QED) is 0.925. The summed E-state index contributed by atoms with van der Waals surface area (Å²) < 4.78 is 0. The van der Waals surface area contributed by atoms with Gasteiger partial charge in [-0.05, 0) is 17.7 Å². The van der Waals surface area contributed by atoms with Crippen LogP contribution in [0, 0.1) is 0 Å². The predicted octanol–water partition coefficient (Wildman–Crippen LogP) is 2.05. The van der Waals surface area contributed by atoms with Crippen molar-refractivity contribution in [1.29, 1.82) is 0 Å². The van der Waals surface area contributed by atoms with Crippen LogP contribution in [0.25, 0.3) is 0 Å². The number of thioether (sulfide) groups is 1. The number of nitrogens with zero attached hydrogens (tertiary/aromatic N) is 1. The molecule has 0 bridgehead atoms. The zero-order valence-electron chi connectivity index (χ0n) is 10.6. The van der Waals surface area contributed by atoms with Crippen molar-refractivity contribution in [2.24, 2.45) is 0 Å². The summed E-state index contributed by atoms with van der Waals surface area (Å²) in [6, 6.07) is 7.54. The summed E-state index contributed by atoms with van der Waals surface area (Å²) in [7, 11) is 0. The molecule has 1 N–H and O–H groups in total. The van der Waals surface area contributed by atoms with Gasteiger partial charge in [0.15, 0.2) is 0 Å². The Hall–Kier alpha value is -1.20. The van der Waals surface area contributed by atoms with Crippen LogP contribution in [-0.2, 0) is 9.59 Å². The van der Waals surface area contributed by atoms with Gasteiger partial charge in [-0.25, -0.2) is 0 Å². The average molecular weight is 299 g/mol. The number of nitrogens with one attached hydrogen (secondary N) is 1. The lowest BCUT2D eigenvalue weighted by Gasteiger charge is -2.24. The minimum absolute atomic E-state index is 0.0139. The van der Waals surface area contributed by atoms with Crippen molar-refractivity contribution < 1.29 is 9.59 Å². The lowest BCUT2D eigenvalue weighted by atomic mass is 10.2. The van der Waals surface area contributed by atoms with E-state index in [1.54, 1.807) is 16.7 Å². The Balaban J connectivity index is 2.06. The number of hydrogen-bond donors (Lipinski definition) is 1. The maximum atomic E-state index is 11.9. The third-order valence-electron chi connectivity index (χ3n) is 2.83. The van der Waals surface area contributed by atoms with Crippen LogP contribution >= 0.6 is 23.4 Å². The zero-order chi connectivity index (χ0) is 13.8. The fourth-order valence-corrected chi connectivity index (χ4v) is 3.39. The molecule has 4 nitrogen and oxygen atoms in total. The first-order valence-corrected chi connectivity index (χ1v) is 7.41. The van der Waals surface area contributed by atoms with Gasteiger partial charge in [-0.1, -0.05) is 23.7 Å². The van der Waals surface area contributed by atoms with E-state index in [1.807, 2.05) is 24.3 Å². The molecule has 1 heterocycles. The molecule has 102 valence electrons. The van der Waals surface area contributed by atoms with Gasteiger partial charge in [-0.3, -0.25) is 9.59 Å². The summed E-state index contributed by atoms with van der Waals surface area (Å²) >= 11 is 7.57. The summed E-state index contributed by atoms with van der Waals surface area (Å²) in [5, 5.41) is 3.36. The first-order valence-electron chi connectivity index (χ1n) is 5.99. The van der Waals surface area contributed by atoms with Crippen molar-refractivity contribution >= 4 is 35.2 Å². The summed E-state index contributed by atoms with van der Waals surface area (Å²) in [4.78, 5) is 24.5. The van der Waals surface area contributed by atoms with Gasteiger partial charge in [0, 0.05) is 25.0 Å². The topological polar surface area (TPSA) is 49.4 Å². The first-order chi connectivity index (χ1) is 9.08. The molecule has 1 unspecified atom stereocenters. The van der Waals surface area contributed by atoms with Crippen molar-refractivity contribution in [2.45, 2.75) is 12.3 Å². The van der Waals surface area contributed by atoms with E-state index in [0.29, 0.717) is 23.9 Å². The lowest BCUT2D eigenvalue weighted by Crippen LogP contribution is -2.36. The van der Waals surface area contributed by atoms with Crippen LogP contribution in [0.5, 0.6) is 0 Å². The number of hydrogen-bond acceptors (Lipinski definition) is 3. The minimum Gasteiger partial charge on any atom is -0.355 e. The molecule has 1 saturated heterocycles. The molecule has 0 radical (unpaired) electrons. The predicted molar refractivity (Wildman–Crippen MR) is 77.0 cm³/mol. The average Bonchev–Trinajstić information content (AvgIpc) is 2.71. The molecule has 0 saturated carbocycles. The third-order valence-corrected chi connectivity index (χ3v) is 4.32. The summed E-state index contributed by atoms with van der Waals surface area (Å²) in [6.07, 6.45) is 0.